The summed E-state index contributed by atoms with van der Waals surface area (Å²) in [5.41, 5.74) is -1.32. The van der Waals surface area contributed by atoms with Crippen LogP contribution in [0.2, 0.25) is 5.02 Å². The molecule has 1 aromatic carbocycles. The van der Waals surface area contributed by atoms with Crippen LogP contribution in [0.15, 0.2) is 52.0 Å². The molecular weight excluding hydrogens is 326 g/mol. The third-order valence-electron chi connectivity index (χ3n) is 3.84. The smallest absolute Gasteiger partial charge is 0.240 e. The molecule has 0 spiro atoms. The summed E-state index contributed by atoms with van der Waals surface area (Å²) in [6.45, 7) is -0.139. The number of halogens is 1. The van der Waals surface area contributed by atoms with Gasteiger partial charge in [-0.1, -0.05) is 17.7 Å². The van der Waals surface area contributed by atoms with Gasteiger partial charge in [0.25, 0.3) is 0 Å². The summed E-state index contributed by atoms with van der Waals surface area (Å²) in [5, 5.41) is 11.2. The van der Waals surface area contributed by atoms with E-state index in [9.17, 15) is 13.5 Å². The molecule has 1 saturated carbocycles. The maximum Gasteiger partial charge on any atom is 0.240 e. The summed E-state index contributed by atoms with van der Waals surface area (Å²) >= 11 is 5.83. The van der Waals surface area contributed by atoms with Gasteiger partial charge in [-0.25, -0.2) is 13.1 Å². The van der Waals surface area contributed by atoms with Crippen molar-refractivity contribution in [2.75, 3.05) is 6.54 Å². The van der Waals surface area contributed by atoms with Crippen LogP contribution in [0.5, 0.6) is 0 Å². The van der Waals surface area contributed by atoms with Gasteiger partial charge in [-0.2, -0.15) is 0 Å². The molecule has 118 valence electrons. The Bertz CT molecular complexity index is 756. The van der Waals surface area contributed by atoms with E-state index >= 15 is 0 Å². The van der Waals surface area contributed by atoms with Crippen molar-refractivity contribution in [3.05, 3.63) is 53.4 Å². The molecule has 1 aliphatic rings. The van der Waals surface area contributed by atoms with Crippen molar-refractivity contribution in [2.45, 2.75) is 23.3 Å². The molecule has 1 fully saturated rings. The number of aliphatic hydroxyl groups is 1. The van der Waals surface area contributed by atoms with Crippen molar-refractivity contribution >= 4 is 21.6 Å². The maximum atomic E-state index is 12.3. The van der Waals surface area contributed by atoms with Gasteiger partial charge in [-0.05, 0) is 49.1 Å². The normalized spacial score (nSPS) is 18.1. The van der Waals surface area contributed by atoms with Crippen molar-refractivity contribution in [1.82, 2.24) is 4.72 Å². The van der Waals surface area contributed by atoms with Crippen molar-refractivity contribution in [1.29, 1.82) is 0 Å². The summed E-state index contributed by atoms with van der Waals surface area (Å²) in [6, 6.07) is 9.32. The van der Waals surface area contributed by atoms with Gasteiger partial charge in [0.15, 0.2) is 0 Å². The summed E-state index contributed by atoms with van der Waals surface area (Å²) in [7, 11) is -3.75. The minimum absolute atomic E-state index is 0.000659. The third kappa shape index (κ3) is 3.05. The lowest BCUT2D eigenvalue weighted by Crippen LogP contribution is -2.42. The van der Waals surface area contributed by atoms with Crippen LogP contribution < -0.4 is 4.72 Å². The Balaban J connectivity index is 1.81. The lowest BCUT2D eigenvalue weighted by Gasteiger charge is -2.26. The topological polar surface area (TPSA) is 79.5 Å². The highest BCUT2D eigenvalue weighted by Crippen LogP contribution is 2.45. The fourth-order valence-electron chi connectivity index (χ4n) is 2.44. The lowest BCUT2D eigenvalue weighted by atomic mass is 9.95. The zero-order chi connectivity index (χ0) is 15.8. The van der Waals surface area contributed by atoms with E-state index in [0.717, 1.165) is 12.8 Å². The number of rotatable bonds is 6. The van der Waals surface area contributed by atoms with E-state index in [1.165, 1.54) is 18.4 Å². The van der Waals surface area contributed by atoms with Crippen LogP contribution in [-0.4, -0.2) is 20.1 Å². The summed E-state index contributed by atoms with van der Waals surface area (Å²) < 4.78 is 32.4. The van der Waals surface area contributed by atoms with Gasteiger partial charge in [-0.3, -0.25) is 0 Å². The van der Waals surface area contributed by atoms with Crippen LogP contribution in [0.3, 0.4) is 0 Å². The second kappa shape index (κ2) is 5.70. The molecule has 3 rings (SSSR count). The number of hydrogen-bond acceptors (Lipinski definition) is 4. The Morgan fingerprint density at radius 3 is 2.68 bits per heavy atom. The van der Waals surface area contributed by atoms with Crippen LogP contribution >= 0.6 is 11.6 Å². The van der Waals surface area contributed by atoms with E-state index in [-0.39, 0.29) is 17.4 Å². The largest absolute Gasteiger partial charge is 0.466 e. The first-order valence-corrected chi connectivity index (χ1v) is 8.79. The fraction of sp³-hybridized carbons (Fsp3) is 0.333. The van der Waals surface area contributed by atoms with Gasteiger partial charge in [0.05, 0.1) is 11.2 Å². The van der Waals surface area contributed by atoms with Crippen LogP contribution in [0.4, 0.5) is 0 Å². The monoisotopic (exact) mass is 341 g/mol. The molecule has 0 radical (unpaired) electrons. The molecule has 1 aliphatic carbocycles. The third-order valence-corrected chi connectivity index (χ3v) is 5.47. The average molecular weight is 342 g/mol. The second-order valence-electron chi connectivity index (χ2n) is 5.46. The van der Waals surface area contributed by atoms with E-state index < -0.39 is 15.6 Å². The van der Waals surface area contributed by atoms with Gasteiger partial charge in [0.1, 0.15) is 11.4 Å². The molecule has 0 saturated heterocycles. The molecule has 1 aromatic heterocycles. The predicted octanol–water partition coefficient (Wildman–Crippen LogP) is 2.51. The van der Waals surface area contributed by atoms with Gasteiger partial charge in [0.2, 0.25) is 10.0 Å². The molecule has 0 aliphatic heterocycles. The molecule has 2 aromatic rings. The molecule has 2 N–H and O–H groups in total. The van der Waals surface area contributed by atoms with E-state index in [4.69, 9.17) is 16.0 Å². The van der Waals surface area contributed by atoms with Crippen molar-refractivity contribution in [3.63, 3.8) is 0 Å². The van der Waals surface area contributed by atoms with Gasteiger partial charge in [-0.15, -0.1) is 0 Å². The number of hydrogen-bond donors (Lipinski definition) is 2. The Labute approximate surface area is 134 Å². The summed E-state index contributed by atoms with van der Waals surface area (Å²) in [6.07, 6.45) is 3.15. The minimum atomic E-state index is -3.75. The van der Waals surface area contributed by atoms with E-state index in [1.807, 2.05) is 0 Å². The molecular formula is C15H16ClNO4S. The van der Waals surface area contributed by atoms with Crippen molar-refractivity contribution < 1.29 is 17.9 Å². The average Bonchev–Trinajstić information content (AvgIpc) is 3.20. The first-order chi connectivity index (χ1) is 10.4. The Morgan fingerprint density at radius 1 is 1.32 bits per heavy atom. The van der Waals surface area contributed by atoms with E-state index in [1.54, 1.807) is 24.3 Å². The quantitative estimate of drug-likeness (QED) is 0.846. The lowest BCUT2D eigenvalue weighted by molar-refractivity contribution is -0.00224. The van der Waals surface area contributed by atoms with Crippen LogP contribution in [0, 0.1) is 5.92 Å². The molecule has 1 unspecified atom stereocenters. The highest BCUT2D eigenvalue weighted by Gasteiger charge is 2.47. The van der Waals surface area contributed by atoms with Crippen LogP contribution in [0.1, 0.15) is 18.6 Å². The van der Waals surface area contributed by atoms with E-state index in [0.29, 0.717) is 10.8 Å². The number of benzene rings is 1. The predicted molar refractivity (Wildman–Crippen MR) is 82.0 cm³/mol. The molecule has 22 heavy (non-hydrogen) atoms. The van der Waals surface area contributed by atoms with Gasteiger partial charge >= 0.3 is 0 Å². The van der Waals surface area contributed by atoms with Crippen molar-refractivity contribution in [3.8, 4) is 0 Å². The van der Waals surface area contributed by atoms with Crippen molar-refractivity contribution in [2.24, 2.45) is 5.92 Å². The van der Waals surface area contributed by atoms with Crippen LogP contribution in [0.25, 0.3) is 0 Å². The highest BCUT2D eigenvalue weighted by molar-refractivity contribution is 7.89. The molecule has 0 amide bonds. The summed E-state index contributed by atoms with van der Waals surface area (Å²) in [5.74, 6) is 0.379. The fourth-order valence-corrected chi connectivity index (χ4v) is 3.81. The second-order valence-corrected chi connectivity index (χ2v) is 7.66. The number of sulfonamides is 1. The number of furan rings is 1. The highest BCUT2D eigenvalue weighted by atomic mass is 35.5. The Kier molecular flexibility index (Phi) is 4.03. The SMILES string of the molecule is O=S(=O)(NCC(O)(c1ccco1)C1CC1)c1cccc(Cl)c1. The Morgan fingerprint density at radius 2 is 2.09 bits per heavy atom. The first kappa shape index (κ1) is 15.6. The van der Waals surface area contributed by atoms with Gasteiger partial charge < -0.3 is 9.52 Å². The maximum absolute atomic E-state index is 12.3. The zero-order valence-electron chi connectivity index (χ0n) is 11.7. The molecule has 5 nitrogen and oxygen atoms in total. The summed E-state index contributed by atoms with van der Waals surface area (Å²) in [4.78, 5) is 0.0672. The molecule has 0 bridgehead atoms. The zero-order valence-corrected chi connectivity index (χ0v) is 13.3. The van der Waals surface area contributed by atoms with Gasteiger partial charge in [0, 0.05) is 11.6 Å². The minimum Gasteiger partial charge on any atom is -0.466 e. The van der Waals surface area contributed by atoms with E-state index in [2.05, 4.69) is 4.72 Å². The standard InChI is InChI=1S/C15H16ClNO4S/c16-12-3-1-4-13(9-12)22(19,20)17-10-15(18,11-6-7-11)14-5-2-8-21-14/h1-5,8-9,11,17-18H,6-7,10H2. The first-order valence-electron chi connectivity index (χ1n) is 6.93. The number of nitrogens with one attached hydrogen (secondary N) is 1. The Hall–Kier alpha value is -1.34. The molecule has 1 atom stereocenters. The van der Waals surface area contributed by atoms with Crippen LogP contribution in [-0.2, 0) is 15.6 Å². The molecule has 7 heteroatoms. The molecule has 1 heterocycles.